The molecule has 1 saturated carbocycles. The molecule has 0 bridgehead atoms. The Morgan fingerprint density at radius 2 is 1.78 bits per heavy atom. The number of amides is 1. The van der Waals surface area contributed by atoms with Crippen molar-refractivity contribution in [3.63, 3.8) is 0 Å². The molecular formula is C33H36ClF2N3O6. The summed E-state index contributed by atoms with van der Waals surface area (Å²) in [5.41, 5.74) is 0.896. The summed E-state index contributed by atoms with van der Waals surface area (Å²) in [5.74, 6) is -4.69. The van der Waals surface area contributed by atoms with Crippen molar-refractivity contribution in [2.45, 2.75) is 56.9 Å². The molecule has 9 nitrogen and oxygen atoms in total. The number of hydrogen-bond acceptors (Lipinski definition) is 7. The average molecular weight is 644 g/mol. The third-order valence-corrected chi connectivity index (χ3v) is 9.63. The standard InChI is InChI=1S/C33H36ClF2N3O6/c34-26-13-22(27(36)15-28(26)37-31(41)25-19-44-29-6-2-1-5-24(25)29)14-30(40)33(38-11-3-4-12-38,39-17-20(16-35)18-39)45-23-9-7-21(8-10-23)32(42)43/h1-2,5-6,13,15,19-21,23H,3-4,7-12,14,16-18H2,(H,37,41)(H,42,43). The maximum Gasteiger partial charge on any atom is 0.306 e. The van der Waals surface area contributed by atoms with Gasteiger partial charge in [0.25, 0.3) is 5.91 Å². The Labute approximate surface area is 264 Å². The van der Waals surface area contributed by atoms with Gasteiger partial charge in [0.05, 0.1) is 35.0 Å². The smallest absolute Gasteiger partial charge is 0.306 e. The van der Waals surface area contributed by atoms with Crippen LogP contribution in [0.25, 0.3) is 11.0 Å². The Hall–Kier alpha value is -3.38. The Morgan fingerprint density at radius 3 is 2.47 bits per heavy atom. The molecule has 2 saturated heterocycles. The van der Waals surface area contributed by atoms with Crippen LogP contribution in [0.15, 0.2) is 47.1 Å². The molecule has 3 heterocycles. The second-order valence-corrected chi connectivity index (χ2v) is 12.7. The quantitative estimate of drug-likeness (QED) is 0.266. The van der Waals surface area contributed by atoms with Crippen molar-refractivity contribution >= 4 is 45.9 Å². The number of benzene rings is 2. The highest BCUT2D eigenvalue weighted by Gasteiger charge is 2.56. The summed E-state index contributed by atoms with van der Waals surface area (Å²) < 4.78 is 41.4. The molecule has 1 aliphatic carbocycles. The van der Waals surface area contributed by atoms with Crippen molar-refractivity contribution in [2.75, 3.05) is 38.2 Å². The van der Waals surface area contributed by atoms with Crippen LogP contribution >= 0.6 is 11.6 Å². The lowest BCUT2D eigenvalue weighted by molar-refractivity contribution is -0.276. The maximum atomic E-state index is 15.6. The molecule has 1 unspecified atom stereocenters. The van der Waals surface area contributed by atoms with Gasteiger partial charge in [-0.3, -0.25) is 28.6 Å². The number of nitrogens with one attached hydrogen (secondary N) is 1. The second kappa shape index (κ2) is 13.2. The van der Waals surface area contributed by atoms with E-state index < -0.39 is 41.9 Å². The number of para-hydroxylation sites is 1. The van der Waals surface area contributed by atoms with Crippen LogP contribution in [0.2, 0.25) is 5.02 Å². The summed E-state index contributed by atoms with van der Waals surface area (Å²) >= 11 is 6.53. The minimum Gasteiger partial charge on any atom is -0.481 e. The third-order valence-electron chi connectivity index (χ3n) is 9.32. The lowest BCUT2D eigenvalue weighted by Gasteiger charge is -2.55. The number of furan rings is 1. The maximum absolute atomic E-state index is 15.6. The lowest BCUT2D eigenvalue weighted by atomic mass is 9.87. The van der Waals surface area contributed by atoms with Crippen molar-refractivity contribution in [3.05, 3.63) is 64.6 Å². The molecule has 6 rings (SSSR count). The largest absolute Gasteiger partial charge is 0.481 e. The molecule has 2 aromatic carbocycles. The zero-order valence-corrected chi connectivity index (χ0v) is 25.5. The normalized spacial score (nSPS) is 22.6. The van der Waals surface area contributed by atoms with Crippen LogP contribution in [-0.4, -0.2) is 77.4 Å². The van der Waals surface area contributed by atoms with E-state index in [0.717, 1.165) is 18.9 Å². The van der Waals surface area contributed by atoms with Crippen LogP contribution in [0.4, 0.5) is 14.5 Å². The molecule has 240 valence electrons. The van der Waals surface area contributed by atoms with Gasteiger partial charge in [-0.1, -0.05) is 29.8 Å². The number of Topliss-reactive ketones (excluding diaryl/α,β-unsaturated/α-hetero) is 1. The first-order chi connectivity index (χ1) is 21.7. The van der Waals surface area contributed by atoms with Crippen molar-refractivity contribution in [2.24, 2.45) is 11.8 Å². The van der Waals surface area contributed by atoms with Crippen molar-refractivity contribution in [1.29, 1.82) is 0 Å². The summed E-state index contributed by atoms with van der Waals surface area (Å²) in [6.45, 7) is 1.30. The highest BCUT2D eigenvalue weighted by atomic mass is 35.5. The molecule has 3 fully saturated rings. The first kappa shape index (κ1) is 31.6. The average Bonchev–Trinajstić information content (AvgIpc) is 3.70. The zero-order valence-electron chi connectivity index (χ0n) is 24.8. The predicted octanol–water partition coefficient (Wildman–Crippen LogP) is 5.90. The number of ketones is 1. The van der Waals surface area contributed by atoms with E-state index in [2.05, 4.69) is 5.32 Å². The van der Waals surface area contributed by atoms with Gasteiger partial charge in [0.2, 0.25) is 5.85 Å². The van der Waals surface area contributed by atoms with Gasteiger partial charge in [-0.15, -0.1) is 0 Å². The van der Waals surface area contributed by atoms with Crippen molar-refractivity contribution in [1.82, 2.24) is 9.80 Å². The number of likely N-dealkylation sites (tertiary alicyclic amines) is 2. The number of fused-ring (bicyclic) bond motifs is 1. The number of nitrogens with zero attached hydrogens (tertiary/aromatic N) is 2. The fraction of sp³-hybridized carbons (Fsp3) is 0.485. The fourth-order valence-electron chi connectivity index (χ4n) is 6.81. The zero-order chi connectivity index (χ0) is 31.7. The van der Waals surface area contributed by atoms with E-state index in [9.17, 15) is 23.9 Å². The number of carboxylic acid groups (broad SMARTS) is 1. The molecule has 3 aromatic rings. The van der Waals surface area contributed by atoms with Gasteiger partial charge in [-0.25, -0.2) is 4.39 Å². The van der Waals surface area contributed by atoms with E-state index in [1.54, 1.807) is 24.3 Å². The van der Waals surface area contributed by atoms with E-state index in [1.807, 2.05) is 9.80 Å². The number of hydrogen-bond donors (Lipinski definition) is 2. The van der Waals surface area contributed by atoms with E-state index in [1.165, 1.54) is 12.3 Å². The topological polar surface area (TPSA) is 112 Å². The number of aliphatic carboxylic acids is 1. The molecule has 12 heteroatoms. The highest BCUT2D eigenvalue weighted by Crippen LogP contribution is 2.39. The number of halogens is 3. The molecule has 0 radical (unpaired) electrons. The summed E-state index contributed by atoms with van der Waals surface area (Å²) in [7, 11) is 0. The number of carboxylic acids is 1. The predicted molar refractivity (Wildman–Crippen MR) is 163 cm³/mol. The molecule has 1 amide bonds. The van der Waals surface area contributed by atoms with Gasteiger partial charge in [0.1, 0.15) is 17.7 Å². The lowest BCUT2D eigenvalue weighted by Crippen LogP contribution is -2.73. The summed E-state index contributed by atoms with van der Waals surface area (Å²) in [4.78, 5) is 42.8. The van der Waals surface area contributed by atoms with E-state index >= 15 is 4.39 Å². The van der Waals surface area contributed by atoms with Gasteiger partial charge in [0, 0.05) is 43.9 Å². The summed E-state index contributed by atoms with van der Waals surface area (Å²) in [6.07, 6.45) is 4.13. The van der Waals surface area contributed by atoms with Crippen LogP contribution in [0, 0.1) is 17.7 Å². The Kier molecular flexibility index (Phi) is 9.24. The monoisotopic (exact) mass is 643 g/mol. The number of rotatable bonds is 11. The molecular weight excluding hydrogens is 608 g/mol. The van der Waals surface area contributed by atoms with E-state index in [-0.39, 0.29) is 40.3 Å². The molecule has 1 atom stereocenters. The SMILES string of the molecule is O=C(Nc1cc(F)c(CC(=O)C(OC2CCC(C(=O)O)CC2)(N2CCCC2)N2CC(CF)C2)cc1Cl)c1coc2ccccc12. The van der Waals surface area contributed by atoms with E-state index in [0.29, 0.717) is 62.8 Å². The van der Waals surface area contributed by atoms with Gasteiger partial charge >= 0.3 is 5.97 Å². The summed E-state index contributed by atoms with van der Waals surface area (Å²) in [5, 5.41) is 12.8. The molecule has 45 heavy (non-hydrogen) atoms. The first-order valence-electron chi connectivity index (χ1n) is 15.4. The number of carbonyl (C=O) groups excluding carboxylic acids is 2. The van der Waals surface area contributed by atoms with Crippen LogP contribution in [0.1, 0.15) is 54.4 Å². The van der Waals surface area contributed by atoms with E-state index in [4.69, 9.17) is 20.8 Å². The Balaban J connectivity index is 1.25. The summed E-state index contributed by atoms with van der Waals surface area (Å²) in [6, 6.07) is 9.47. The van der Waals surface area contributed by atoms with Crippen LogP contribution < -0.4 is 5.32 Å². The molecule has 1 aromatic heterocycles. The Bertz CT molecular complexity index is 1580. The minimum absolute atomic E-state index is 0.0427. The van der Waals surface area contributed by atoms with Gasteiger partial charge in [-0.2, -0.15) is 0 Å². The van der Waals surface area contributed by atoms with Crippen molar-refractivity contribution < 1.29 is 37.4 Å². The number of carbonyl (C=O) groups is 3. The van der Waals surface area contributed by atoms with Gasteiger partial charge < -0.3 is 19.6 Å². The van der Waals surface area contributed by atoms with Crippen LogP contribution in [0.5, 0.6) is 0 Å². The van der Waals surface area contributed by atoms with Crippen molar-refractivity contribution in [3.8, 4) is 0 Å². The molecule has 3 aliphatic rings. The highest BCUT2D eigenvalue weighted by molar-refractivity contribution is 6.34. The fourth-order valence-corrected chi connectivity index (χ4v) is 7.05. The van der Waals surface area contributed by atoms with Crippen LogP contribution in [-0.2, 0) is 20.7 Å². The third kappa shape index (κ3) is 6.23. The first-order valence-corrected chi connectivity index (χ1v) is 15.8. The Morgan fingerprint density at radius 1 is 1.07 bits per heavy atom. The minimum atomic E-state index is -1.53. The van der Waals surface area contributed by atoms with Crippen LogP contribution in [0.3, 0.4) is 0 Å². The second-order valence-electron chi connectivity index (χ2n) is 12.3. The number of alkyl halides is 1. The molecule has 0 spiro atoms. The molecule has 2 N–H and O–H groups in total. The number of anilines is 1. The van der Waals surface area contributed by atoms with Gasteiger partial charge in [0.15, 0.2) is 5.78 Å². The molecule has 2 aliphatic heterocycles. The number of ether oxygens (including phenoxy) is 1. The van der Waals surface area contributed by atoms with Gasteiger partial charge in [-0.05, 0) is 62.3 Å².